The number of carbonyl (C=O) groups excluding carboxylic acids is 1. The van der Waals surface area contributed by atoms with Gasteiger partial charge in [0.25, 0.3) is 11.5 Å². The summed E-state index contributed by atoms with van der Waals surface area (Å²) in [6, 6.07) is 10.5. The van der Waals surface area contributed by atoms with Crippen LogP contribution in [-0.4, -0.2) is 25.1 Å². The molecule has 0 fully saturated rings. The summed E-state index contributed by atoms with van der Waals surface area (Å²) in [7, 11) is 0. The molecule has 4 rings (SSSR count). The fourth-order valence-electron chi connectivity index (χ4n) is 2.76. The quantitative estimate of drug-likeness (QED) is 0.587. The molecule has 0 aliphatic carbocycles. The maximum absolute atomic E-state index is 13.0. The molecule has 1 aromatic carbocycles. The summed E-state index contributed by atoms with van der Waals surface area (Å²) < 4.78 is 3.41. The predicted octanol–water partition coefficient (Wildman–Crippen LogP) is 3.16. The Bertz CT molecular complexity index is 1180. The van der Waals surface area contributed by atoms with Gasteiger partial charge in [0, 0.05) is 17.8 Å². The van der Waals surface area contributed by atoms with Crippen LogP contribution in [0.25, 0.3) is 11.3 Å². The van der Waals surface area contributed by atoms with Gasteiger partial charge in [-0.25, -0.2) is 14.6 Å². The van der Waals surface area contributed by atoms with Crippen LogP contribution in [-0.2, 0) is 0 Å². The molecule has 0 aliphatic rings. The van der Waals surface area contributed by atoms with Crippen LogP contribution in [0.5, 0.6) is 0 Å². The first-order valence-corrected chi connectivity index (χ1v) is 8.83. The summed E-state index contributed by atoms with van der Waals surface area (Å²) in [5, 5.41) is 3.11. The van der Waals surface area contributed by atoms with E-state index < -0.39 is 5.91 Å². The highest BCUT2D eigenvalue weighted by atomic mass is 35.5. The molecule has 0 spiro atoms. The monoisotopic (exact) mass is 385 g/mol. The third-order valence-corrected chi connectivity index (χ3v) is 4.87. The molecule has 1 amide bonds. The van der Waals surface area contributed by atoms with E-state index in [9.17, 15) is 9.59 Å². The number of hydrogen-bond donors (Lipinski definition) is 1. The standard InChI is InChI=1S/C17H12ClN5O2S/c1-10-14(16(25)21-17-20-9-12(18)26-17)22(11-5-3-2-4-6-11)23-13(24)7-8-19-15(10)23/h2-9H,1H3,(H,20,21,25). The maximum atomic E-state index is 13.0. The Morgan fingerprint density at radius 3 is 2.65 bits per heavy atom. The number of hydrogen-bond acceptors (Lipinski definition) is 5. The number of aryl methyl sites for hydroxylation is 1. The number of halogens is 1. The first-order chi connectivity index (χ1) is 12.6. The van der Waals surface area contributed by atoms with Crippen molar-refractivity contribution in [3.63, 3.8) is 0 Å². The number of rotatable bonds is 3. The van der Waals surface area contributed by atoms with Crippen molar-refractivity contribution in [1.29, 1.82) is 0 Å². The van der Waals surface area contributed by atoms with Gasteiger partial charge in [0.1, 0.15) is 10.0 Å². The Morgan fingerprint density at radius 1 is 1.19 bits per heavy atom. The number of carbonyl (C=O) groups is 1. The second-order valence-electron chi connectivity index (χ2n) is 5.46. The molecule has 0 unspecified atom stereocenters. The Morgan fingerprint density at radius 2 is 1.96 bits per heavy atom. The lowest BCUT2D eigenvalue weighted by Crippen LogP contribution is -2.23. The molecule has 0 saturated carbocycles. The second-order valence-corrected chi connectivity index (χ2v) is 7.13. The molecule has 4 aromatic rings. The first-order valence-electron chi connectivity index (χ1n) is 7.63. The van der Waals surface area contributed by atoms with Crippen molar-refractivity contribution in [3.05, 3.63) is 74.7 Å². The number of fused-ring (bicyclic) bond motifs is 1. The molecular weight excluding hydrogens is 374 g/mol. The van der Waals surface area contributed by atoms with Gasteiger partial charge in [-0.1, -0.05) is 41.1 Å². The Labute approximate surface area is 156 Å². The molecule has 0 saturated heterocycles. The summed E-state index contributed by atoms with van der Waals surface area (Å²) >= 11 is 7.03. The molecule has 0 atom stereocenters. The van der Waals surface area contributed by atoms with Gasteiger partial charge < -0.3 is 0 Å². The lowest BCUT2D eigenvalue weighted by Gasteiger charge is -2.10. The Balaban J connectivity index is 1.96. The minimum atomic E-state index is -0.401. The van der Waals surface area contributed by atoms with E-state index in [4.69, 9.17) is 11.6 Å². The fraction of sp³-hybridized carbons (Fsp3) is 0.0588. The van der Waals surface area contributed by atoms with Crippen molar-refractivity contribution in [1.82, 2.24) is 19.2 Å². The second kappa shape index (κ2) is 6.40. The van der Waals surface area contributed by atoms with Crippen molar-refractivity contribution >= 4 is 39.6 Å². The molecule has 1 N–H and O–H groups in total. The molecule has 26 heavy (non-hydrogen) atoms. The highest BCUT2D eigenvalue weighted by molar-refractivity contribution is 7.19. The number of aromatic nitrogens is 4. The molecule has 3 aromatic heterocycles. The zero-order valence-corrected chi connectivity index (χ0v) is 15.1. The van der Waals surface area contributed by atoms with Crippen molar-refractivity contribution in [2.75, 3.05) is 5.32 Å². The van der Waals surface area contributed by atoms with Gasteiger partial charge in [-0.15, -0.1) is 0 Å². The third kappa shape index (κ3) is 2.69. The average molecular weight is 386 g/mol. The van der Waals surface area contributed by atoms with Crippen LogP contribution >= 0.6 is 22.9 Å². The van der Waals surface area contributed by atoms with Crippen molar-refractivity contribution < 1.29 is 4.79 Å². The van der Waals surface area contributed by atoms with Crippen molar-refractivity contribution in [2.45, 2.75) is 6.92 Å². The molecule has 0 bridgehead atoms. The zero-order chi connectivity index (χ0) is 18.3. The van der Waals surface area contributed by atoms with Crippen LogP contribution in [0.2, 0.25) is 4.34 Å². The number of nitrogens with one attached hydrogen (secondary N) is 1. The highest BCUT2D eigenvalue weighted by Crippen LogP contribution is 2.25. The van der Waals surface area contributed by atoms with Gasteiger partial charge in [0.05, 0.1) is 11.9 Å². The molecule has 130 valence electrons. The summed E-state index contributed by atoms with van der Waals surface area (Å²) in [5.41, 5.74) is 1.70. The zero-order valence-electron chi connectivity index (χ0n) is 13.5. The van der Waals surface area contributed by atoms with Gasteiger partial charge in [0.15, 0.2) is 10.8 Å². The van der Waals surface area contributed by atoms with E-state index in [1.165, 1.54) is 23.0 Å². The van der Waals surface area contributed by atoms with Crippen LogP contribution in [0.4, 0.5) is 5.13 Å². The lowest BCUT2D eigenvalue weighted by molar-refractivity contribution is 0.101. The van der Waals surface area contributed by atoms with E-state index in [-0.39, 0.29) is 5.56 Å². The summed E-state index contributed by atoms with van der Waals surface area (Å²) in [6.07, 6.45) is 2.90. The SMILES string of the molecule is Cc1c(C(=O)Nc2ncc(Cl)s2)n(-c2ccccc2)n2c(=O)ccnc12. The van der Waals surface area contributed by atoms with Gasteiger partial charge in [0.2, 0.25) is 0 Å². The number of amides is 1. The van der Waals surface area contributed by atoms with E-state index in [1.807, 2.05) is 30.3 Å². The number of thiazole rings is 1. The molecule has 9 heteroatoms. The fourth-order valence-corrected chi connectivity index (χ4v) is 3.57. The number of nitrogens with zero attached hydrogens (tertiary/aromatic N) is 4. The van der Waals surface area contributed by atoms with Crippen LogP contribution in [0.15, 0.2) is 53.6 Å². The largest absolute Gasteiger partial charge is 0.296 e. The van der Waals surface area contributed by atoms with E-state index >= 15 is 0 Å². The first kappa shape index (κ1) is 16.5. The summed E-state index contributed by atoms with van der Waals surface area (Å²) in [5.74, 6) is -0.401. The lowest BCUT2D eigenvalue weighted by atomic mass is 10.2. The molecular formula is C17H12ClN5O2S. The average Bonchev–Trinajstić information content (AvgIpc) is 3.17. The van der Waals surface area contributed by atoms with Crippen molar-refractivity contribution in [2.24, 2.45) is 0 Å². The van der Waals surface area contributed by atoms with Gasteiger partial charge in [-0.3, -0.25) is 14.9 Å². The van der Waals surface area contributed by atoms with Gasteiger partial charge in [-0.2, -0.15) is 4.52 Å². The normalized spacial score (nSPS) is 11.0. The molecule has 7 nitrogen and oxygen atoms in total. The molecule has 3 heterocycles. The number of para-hydroxylation sites is 1. The van der Waals surface area contributed by atoms with Crippen molar-refractivity contribution in [3.8, 4) is 5.69 Å². The molecule has 0 radical (unpaired) electrons. The van der Waals surface area contributed by atoms with Gasteiger partial charge in [-0.05, 0) is 19.1 Å². The number of benzene rings is 1. The Hall–Kier alpha value is -2.97. The van der Waals surface area contributed by atoms with Gasteiger partial charge >= 0.3 is 0 Å². The maximum Gasteiger partial charge on any atom is 0.276 e. The summed E-state index contributed by atoms with van der Waals surface area (Å²) in [4.78, 5) is 33.7. The third-order valence-electron chi connectivity index (χ3n) is 3.84. The predicted molar refractivity (Wildman–Crippen MR) is 101 cm³/mol. The van der Waals surface area contributed by atoms with E-state index in [0.29, 0.717) is 32.1 Å². The van der Waals surface area contributed by atoms with E-state index in [1.54, 1.807) is 11.6 Å². The minimum absolute atomic E-state index is 0.279. The summed E-state index contributed by atoms with van der Waals surface area (Å²) in [6.45, 7) is 1.75. The smallest absolute Gasteiger partial charge is 0.276 e. The van der Waals surface area contributed by atoms with E-state index in [0.717, 1.165) is 11.3 Å². The molecule has 0 aliphatic heterocycles. The van der Waals surface area contributed by atoms with Crippen LogP contribution in [0, 0.1) is 6.92 Å². The van der Waals surface area contributed by atoms with Crippen LogP contribution in [0.1, 0.15) is 16.1 Å². The van der Waals surface area contributed by atoms with E-state index in [2.05, 4.69) is 15.3 Å². The highest BCUT2D eigenvalue weighted by Gasteiger charge is 2.24. The van der Waals surface area contributed by atoms with Crippen LogP contribution in [0.3, 0.4) is 0 Å². The Kier molecular flexibility index (Phi) is 4.06. The topological polar surface area (TPSA) is 81.3 Å². The minimum Gasteiger partial charge on any atom is -0.296 e. The number of anilines is 1. The van der Waals surface area contributed by atoms with Crippen LogP contribution < -0.4 is 10.9 Å².